The lowest BCUT2D eigenvalue weighted by atomic mass is 10.2. The van der Waals surface area contributed by atoms with E-state index in [2.05, 4.69) is 31.4 Å². The fourth-order valence-electron chi connectivity index (χ4n) is 1.35. The average Bonchev–Trinajstić information content (AvgIpc) is 2.41. The Bertz CT molecular complexity index is 762. The molecule has 27 heavy (non-hydrogen) atoms. The fourth-order valence-corrected chi connectivity index (χ4v) is 1.35. The molecule has 1 rings (SSSR count). The first-order valence-corrected chi connectivity index (χ1v) is 8.83. The van der Waals surface area contributed by atoms with Crippen LogP contribution >= 0.6 is 0 Å². The number of hydrogen-bond donors (Lipinski definition) is 0. The second kappa shape index (κ2) is 8.76. The van der Waals surface area contributed by atoms with Crippen molar-refractivity contribution in [3.05, 3.63) is 24.3 Å². The van der Waals surface area contributed by atoms with Crippen molar-refractivity contribution in [3.63, 3.8) is 0 Å². The molecule has 0 atom stereocenters. The van der Waals surface area contributed by atoms with Gasteiger partial charge >= 0.3 is 11.6 Å². The second-order valence-corrected chi connectivity index (χ2v) is 8.48. The molecule has 1 aromatic rings. The van der Waals surface area contributed by atoms with E-state index in [9.17, 15) is 18.0 Å². The molecule has 12 heteroatoms. The highest BCUT2D eigenvalue weighted by atomic mass is 32.2. The van der Waals surface area contributed by atoms with Crippen molar-refractivity contribution < 1.29 is 35.7 Å². The molecule has 0 aliphatic rings. The molecule has 1 amide bonds. The van der Waals surface area contributed by atoms with Gasteiger partial charge < -0.3 is 9.29 Å². The number of nitrogens with zero attached hydrogens (tertiary/aromatic N) is 3. The Hall–Kier alpha value is -2.05. The van der Waals surface area contributed by atoms with Crippen LogP contribution in [-0.4, -0.2) is 51.3 Å². The summed E-state index contributed by atoms with van der Waals surface area (Å²) < 4.78 is 64.7. The first-order chi connectivity index (χ1) is 11.8. The van der Waals surface area contributed by atoms with Gasteiger partial charge in [0, 0.05) is 12.1 Å². The highest BCUT2D eigenvalue weighted by Gasteiger charge is 2.36. The minimum atomic E-state index is -6.09. The Morgan fingerprint density at radius 2 is 1.48 bits per heavy atom. The van der Waals surface area contributed by atoms with Gasteiger partial charge in [0.25, 0.3) is 0 Å². The monoisotopic (exact) mass is 413 g/mol. The van der Waals surface area contributed by atoms with Crippen molar-refractivity contribution in [1.82, 2.24) is 4.48 Å². The van der Waals surface area contributed by atoms with E-state index in [-0.39, 0.29) is 0 Å². The molecule has 0 saturated carbocycles. The Morgan fingerprint density at radius 1 is 1.07 bits per heavy atom. The van der Waals surface area contributed by atoms with E-state index in [1.54, 1.807) is 20.8 Å². The number of carbonyl (C=O) groups is 1. The number of rotatable bonds is 2. The minimum absolute atomic E-state index is 0.552. The topological polar surface area (TPSA) is 108 Å². The quantitative estimate of drug-likeness (QED) is 0.316. The van der Waals surface area contributed by atoms with Gasteiger partial charge in [-0.3, -0.25) is 4.48 Å². The maximum atomic E-state index is 11.4. The van der Waals surface area contributed by atoms with Crippen LogP contribution in [0, 0.1) is 0 Å². The standard InChI is InChI=1S/C14H22N3O2.CHF3O3S/c1-14(2,3)19-13(18)16-15-11-7-9-12(10-8-11)17(4,5)6;2-1(3,4)8(5,6)7/h7-10H,1-6H3;(H,5,6,7)/q+1;/p-1. The van der Waals surface area contributed by atoms with Crippen LogP contribution in [0.25, 0.3) is 0 Å². The molecular formula is C15H22F3N3O5S. The summed E-state index contributed by atoms with van der Waals surface area (Å²) in [4.78, 5) is 11.4. The van der Waals surface area contributed by atoms with Gasteiger partial charge in [0.1, 0.15) is 11.3 Å². The number of benzene rings is 1. The molecule has 0 saturated heterocycles. The molecule has 0 heterocycles. The van der Waals surface area contributed by atoms with Crippen LogP contribution < -0.4 is 4.48 Å². The minimum Gasteiger partial charge on any atom is -0.741 e. The summed E-state index contributed by atoms with van der Waals surface area (Å²) in [6.45, 7) is 5.36. The van der Waals surface area contributed by atoms with Gasteiger partial charge in [0.05, 0.1) is 26.8 Å². The molecule has 0 radical (unpaired) electrons. The van der Waals surface area contributed by atoms with Crippen molar-refractivity contribution in [2.75, 3.05) is 21.1 Å². The maximum absolute atomic E-state index is 11.4. The Labute approximate surface area is 156 Å². The molecule has 0 aromatic heterocycles. The van der Waals surface area contributed by atoms with Crippen LogP contribution in [0.3, 0.4) is 0 Å². The van der Waals surface area contributed by atoms with E-state index in [0.29, 0.717) is 5.69 Å². The normalized spacial score (nSPS) is 13.1. The zero-order valence-corrected chi connectivity index (χ0v) is 16.6. The van der Waals surface area contributed by atoms with Crippen molar-refractivity contribution >= 4 is 27.6 Å². The molecule has 154 valence electrons. The largest absolute Gasteiger partial charge is 0.741 e. The molecule has 0 fully saturated rings. The van der Waals surface area contributed by atoms with E-state index in [4.69, 9.17) is 17.7 Å². The summed E-state index contributed by atoms with van der Waals surface area (Å²) in [6.07, 6.45) is -0.678. The molecule has 0 bridgehead atoms. The number of alkyl halides is 3. The Morgan fingerprint density at radius 3 is 1.78 bits per heavy atom. The van der Waals surface area contributed by atoms with Crippen LogP contribution in [0.2, 0.25) is 0 Å². The van der Waals surface area contributed by atoms with Gasteiger partial charge in [-0.25, -0.2) is 13.2 Å². The third kappa shape index (κ3) is 10.6. The van der Waals surface area contributed by atoms with Crippen molar-refractivity contribution in [2.24, 2.45) is 10.2 Å². The zero-order valence-electron chi connectivity index (χ0n) is 15.7. The molecule has 8 nitrogen and oxygen atoms in total. The van der Waals surface area contributed by atoms with Crippen molar-refractivity contribution in [2.45, 2.75) is 31.9 Å². The van der Waals surface area contributed by atoms with Crippen LogP contribution in [0.15, 0.2) is 34.5 Å². The predicted octanol–water partition coefficient (Wildman–Crippen LogP) is 3.95. The molecule has 0 spiro atoms. The highest BCUT2D eigenvalue weighted by molar-refractivity contribution is 7.86. The lowest BCUT2D eigenvalue weighted by Gasteiger charge is -2.23. The lowest BCUT2D eigenvalue weighted by molar-refractivity contribution is -0.0517. The number of quaternary nitrogens is 1. The SMILES string of the molecule is CC(C)(C)OC(=O)N=Nc1ccc([N+](C)(C)C)cc1.O=S(=O)([O-])C(F)(F)F. The van der Waals surface area contributed by atoms with E-state index in [1.807, 2.05) is 24.3 Å². The summed E-state index contributed by atoms with van der Waals surface area (Å²) >= 11 is 0. The molecule has 0 aliphatic heterocycles. The molecular weight excluding hydrogens is 391 g/mol. The Kier molecular flexibility index (Phi) is 8.09. The number of amides is 1. The predicted molar refractivity (Wildman–Crippen MR) is 92.5 cm³/mol. The zero-order chi connectivity index (χ0) is 21.7. The van der Waals surface area contributed by atoms with Crippen molar-refractivity contribution in [1.29, 1.82) is 0 Å². The number of carbonyl (C=O) groups excluding carboxylic acids is 1. The van der Waals surface area contributed by atoms with E-state index in [1.165, 1.54) is 0 Å². The maximum Gasteiger partial charge on any atom is 0.485 e. The smallest absolute Gasteiger partial charge is 0.485 e. The summed E-state index contributed by atoms with van der Waals surface area (Å²) in [5.41, 5.74) is -4.42. The average molecular weight is 413 g/mol. The number of hydrogen-bond acceptors (Lipinski definition) is 6. The van der Waals surface area contributed by atoms with E-state index >= 15 is 0 Å². The van der Waals surface area contributed by atoms with Gasteiger partial charge in [-0.05, 0) is 32.9 Å². The molecule has 0 N–H and O–H groups in total. The third-order valence-corrected chi connectivity index (χ3v) is 3.12. The first-order valence-electron chi connectivity index (χ1n) is 7.42. The summed E-state index contributed by atoms with van der Waals surface area (Å²) in [5.74, 6) is 0. The van der Waals surface area contributed by atoms with Gasteiger partial charge in [0.15, 0.2) is 10.1 Å². The number of azo groups is 1. The van der Waals surface area contributed by atoms with Crippen LogP contribution in [0.1, 0.15) is 20.8 Å². The van der Waals surface area contributed by atoms with Crippen LogP contribution in [0.5, 0.6) is 0 Å². The molecule has 1 aromatic carbocycles. The van der Waals surface area contributed by atoms with Gasteiger partial charge in [0.2, 0.25) is 0 Å². The van der Waals surface area contributed by atoms with Gasteiger partial charge in [-0.1, -0.05) is 5.11 Å². The fraction of sp³-hybridized carbons (Fsp3) is 0.533. The van der Waals surface area contributed by atoms with Gasteiger partial charge in [-0.2, -0.15) is 13.2 Å². The first kappa shape index (κ1) is 24.9. The second-order valence-electron chi connectivity index (χ2n) is 7.11. The molecule has 0 unspecified atom stereocenters. The molecule has 0 aliphatic carbocycles. The number of ether oxygens (including phenoxy) is 1. The van der Waals surface area contributed by atoms with Crippen LogP contribution in [0.4, 0.5) is 29.3 Å². The highest BCUT2D eigenvalue weighted by Crippen LogP contribution is 2.22. The lowest BCUT2D eigenvalue weighted by Crippen LogP contribution is -2.34. The third-order valence-electron chi connectivity index (χ3n) is 2.55. The van der Waals surface area contributed by atoms with E-state index in [0.717, 1.165) is 10.2 Å². The number of halogens is 3. The van der Waals surface area contributed by atoms with Crippen LogP contribution in [-0.2, 0) is 14.9 Å². The van der Waals surface area contributed by atoms with Crippen molar-refractivity contribution in [3.8, 4) is 0 Å². The van der Waals surface area contributed by atoms with E-state index < -0.39 is 27.3 Å². The summed E-state index contributed by atoms with van der Waals surface area (Å²) in [6, 6.07) is 7.58. The van der Waals surface area contributed by atoms with Gasteiger partial charge in [-0.15, -0.1) is 5.11 Å². The summed E-state index contributed by atoms with van der Waals surface area (Å²) in [7, 11) is 0.151. The summed E-state index contributed by atoms with van der Waals surface area (Å²) in [5, 5.41) is 7.39. The Balaban J connectivity index is 0.000000713.